The summed E-state index contributed by atoms with van der Waals surface area (Å²) in [6, 6.07) is -0.624. The van der Waals surface area contributed by atoms with E-state index in [2.05, 4.69) is 19.2 Å². The molecule has 2 unspecified atom stereocenters. The lowest BCUT2D eigenvalue weighted by molar-refractivity contribution is -0.143. The van der Waals surface area contributed by atoms with Crippen LogP contribution in [0, 0.1) is 0 Å². The summed E-state index contributed by atoms with van der Waals surface area (Å²) in [6.07, 6.45) is 78.6. The van der Waals surface area contributed by atoms with Gasteiger partial charge in [-0.1, -0.05) is 353 Å². The Morgan fingerprint density at radius 3 is 0.919 bits per heavy atom. The molecule has 0 aromatic heterocycles. The lowest BCUT2D eigenvalue weighted by Crippen LogP contribution is -2.45. The molecule has 1 amide bonds. The second kappa shape index (κ2) is 64.1. The Morgan fingerprint density at radius 2 is 0.622 bits per heavy atom. The third kappa shape index (κ3) is 59.8. The van der Waals surface area contributed by atoms with E-state index in [1.54, 1.807) is 6.08 Å². The standard InChI is InChI=1S/C68H133NO5/c1-3-5-7-9-11-13-15-16-17-31-34-37-41-44-48-52-56-60-66(71)65(64-70)69-67(72)61-57-53-49-45-42-38-35-32-29-27-25-23-21-19-18-20-22-24-26-28-30-33-36-39-43-47-51-55-59-63-74-68(73)62-58-54-50-46-40-14-12-10-8-6-4-2/h56,60,65-66,70-71H,3-55,57-59,61-64H2,1-2H3,(H,69,72)/b60-56+. The van der Waals surface area contributed by atoms with Gasteiger partial charge >= 0.3 is 5.97 Å². The van der Waals surface area contributed by atoms with Crippen LogP contribution in [0.2, 0.25) is 0 Å². The molecule has 6 heteroatoms. The Balaban J connectivity index is 3.35. The summed E-state index contributed by atoms with van der Waals surface area (Å²) in [5, 5.41) is 23.2. The van der Waals surface area contributed by atoms with E-state index < -0.39 is 12.1 Å². The number of carbonyl (C=O) groups is 2. The molecule has 2 atom stereocenters. The van der Waals surface area contributed by atoms with E-state index in [0.717, 1.165) is 38.5 Å². The van der Waals surface area contributed by atoms with Crippen LogP contribution >= 0.6 is 0 Å². The first-order valence-corrected chi connectivity index (χ1v) is 34.0. The molecule has 0 radical (unpaired) electrons. The minimum atomic E-state index is -0.841. The van der Waals surface area contributed by atoms with Gasteiger partial charge < -0.3 is 20.3 Å². The summed E-state index contributed by atoms with van der Waals surface area (Å²) in [7, 11) is 0. The molecule has 0 aliphatic heterocycles. The van der Waals surface area contributed by atoms with E-state index in [1.807, 2.05) is 6.08 Å². The van der Waals surface area contributed by atoms with Gasteiger partial charge in [-0.2, -0.15) is 0 Å². The molecule has 0 aliphatic carbocycles. The number of nitrogens with one attached hydrogen (secondary N) is 1. The van der Waals surface area contributed by atoms with Gasteiger partial charge in [0.2, 0.25) is 5.91 Å². The number of amides is 1. The summed E-state index contributed by atoms with van der Waals surface area (Å²) in [4.78, 5) is 24.5. The molecular formula is C68H133NO5. The number of aliphatic hydroxyl groups is 2. The van der Waals surface area contributed by atoms with E-state index in [9.17, 15) is 19.8 Å². The first kappa shape index (κ1) is 72.6. The zero-order valence-electron chi connectivity index (χ0n) is 50.4. The summed E-state index contributed by atoms with van der Waals surface area (Å²) < 4.78 is 5.48. The maximum Gasteiger partial charge on any atom is 0.305 e. The number of carbonyl (C=O) groups excluding carboxylic acids is 2. The van der Waals surface area contributed by atoms with Crippen LogP contribution in [0.15, 0.2) is 12.2 Å². The van der Waals surface area contributed by atoms with Crippen LogP contribution in [0.5, 0.6) is 0 Å². The van der Waals surface area contributed by atoms with E-state index in [-0.39, 0.29) is 18.5 Å². The number of rotatable bonds is 64. The molecule has 0 saturated heterocycles. The van der Waals surface area contributed by atoms with Gasteiger partial charge in [0.05, 0.1) is 25.4 Å². The number of hydrogen-bond donors (Lipinski definition) is 3. The van der Waals surface area contributed by atoms with E-state index in [4.69, 9.17) is 4.74 Å². The monoisotopic (exact) mass is 1040 g/mol. The molecule has 440 valence electrons. The fourth-order valence-electron chi connectivity index (χ4n) is 10.9. The van der Waals surface area contributed by atoms with Crippen molar-refractivity contribution >= 4 is 11.9 Å². The highest BCUT2D eigenvalue weighted by Crippen LogP contribution is 2.19. The van der Waals surface area contributed by atoms with Crippen molar-refractivity contribution in [1.29, 1.82) is 0 Å². The number of hydrogen-bond acceptors (Lipinski definition) is 5. The molecule has 0 rings (SSSR count). The maximum absolute atomic E-state index is 12.5. The van der Waals surface area contributed by atoms with Gasteiger partial charge in [-0.3, -0.25) is 9.59 Å². The topological polar surface area (TPSA) is 95.9 Å². The van der Waals surface area contributed by atoms with Crippen molar-refractivity contribution in [2.45, 2.75) is 398 Å². The van der Waals surface area contributed by atoms with Crippen molar-refractivity contribution < 1.29 is 24.5 Å². The smallest absolute Gasteiger partial charge is 0.305 e. The molecule has 0 bridgehead atoms. The number of aliphatic hydroxyl groups excluding tert-OH is 2. The van der Waals surface area contributed by atoms with E-state index >= 15 is 0 Å². The average Bonchev–Trinajstić information content (AvgIpc) is 3.40. The molecule has 0 heterocycles. The first-order chi connectivity index (χ1) is 36.5. The predicted octanol–water partition coefficient (Wildman–Crippen LogP) is 21.6. The molecule has 0 aromatic rings. The molecule has 0 spiro atoms. The third-order valence-electron chi connectivity index (χ3n) is 16.1. The molecule has 6 nitrogen and oxygen atoms in total. The van der Waals surface area contributed by atoms with Crippen LogP contribution in [0.1, 0.15) is 386 Å². The molecule has 0 aliphatic rings. The fraction of sp³-hybridized carbons (Fsp3) is 0.941. The summed E-state index contributed by atoms with van der Waals surface area (Å²) in [5.74, 6) is -0.0415. The summed E-state index contributed by atoms with van der Waals surface area (Å²) >= 11 is 0. The van der Waals surface area contributed by atoms with Crippen molar-refractivity contribution in [2.24, 2.45) is 0 Å². The third-order valence-corrected chi connectivity index (χ3v) is 16.1. The van der Waals surface area contributed by atoms with Crippen LogP contribution < -0.4 is 5.32 Å². The quantitative estimate of drug-likeness (QED) is 0.0320. The maximum atomic E-state index is 12.5. The molecule has 3 N–H and O–H groups in total. The molecular weight excluding hydrogens is 911 g/mol. The zero-order valence-corrected chi connectivity index (χ0v) is 50.4. The van der Waals surface area contributed by atoms with Crippen molar-refractivity contribution in [1.82, 2.24) is 5.32 Å². The fourth-order valence-corrected chi connectivity index (χ4v) is 10.9. The molecule has 0 aromatic carbocycles. The molecule has 0 fully saturated rings. The summed E-state index contributed by atoms with van der Waals surface area (Å²) in [5.41, 5.74) is 0. The van der Waals surface area contributed by atoms with Crippen LogP contribution in [-0.2, 0) is 14.3 Å². The Bertz CT molecular complexity index is 1110. The van der Waals surface area contributed by atoms with Crippen LogP contribution in [0.4, 0.5) is 0 Å². The van der Waals surface area contributed by atoms with Gasteiger partial charge in [-0.25, -0.2) is 0 Å². The number of ether oxygens (including phenoxy) is 1. The molecule has 74 heavy (non-hydrogen) atoms. The highest BCUT2D eigenvalue weighted by atomic mass is 16.5. The number of unbranched alkanes of at least 4 members (excludes halogenated alkanes) is 53. The molecule has 0 saturated carbocycles. The number of allylic oxidation sites excluding steroid dienone is 1. The SMILES string of the molecule is CCCCCCCCCCCCCCCCC/C=C/C(O)C(CO)NC(=O)CCCCCCCCCCCCCCCCCCCCCCCCCCCCCCCOC(=O)CCCCCCCCCCCCC. The second-order valence-electron chi connectivity index (χ2n) is 23.5. The van der Waals surface area contributed by atoms with Crippen molar-refractivity contribution in [2.75, 3.05) is 13.2 Å². The van der Waals surface area contributed by atoms with Crippen molar-refractivity contribution in [3.8, 4) is 0 Å². The normalized spacial score (nSPS) is 12.5. The largest absolute Gasteiger partial charge is 0.466 e. The van der Waals surface area contributed by atoms with Crippen LogP contribution in [-0.4, -0.2) is 47.4 Å². The van der Waals surface area contributed by atoms with E-state index in [1.165, 1.54) is 321 Å². The van der Waals surface area contributed by atoms with Gasteiger partial charge in [-0.05, 0) is 32.1 Å². The van der Waals surface area contributed by atoms with Crippen molar-refractivity contribution in [3.05, 3.63) is 12.2 Å². The zero-order chi connectivity index (χ0) is 53.6. The second-order valence-corrected chi connectivity index (χ2v) is 23.5. The van der Waals surface area contributed by atoms with Crippen molar-refractivity contribution in [3.63, 3.8) is 0 Å². The van der Waals surface area contributed by atoms with Gasteiger partial charge in [0, 0.05) is 12.8 Å². The Labute approximate surface area is 463 Å². The van der Waals surface area contributed by atoms with Gasteiger partial charge in [-0.15, -0.1) is 0 Å². The van der Waals surface area contributed by atoms with E-state index in [0.29, 0.717) is 19.4 Å². The lowest BCUT2D eigenvalue weighted by Gasteiger charge is -2.20. The highest BCUT2D eigenvalue weighted by Gasteiger charge is 2.18. The van der Waals surface area contributed by atoms with Crippen LogP contribution in [0.3, 0.4) is 0 Å². The number of esters is 1. The Hall–Kier alpha value is -1.40. The lowest BCUT2D eigenvalue weighted by atomic mass is 10.0. The predicted molar refractivity (Wildman–Crippen MR) is 324 cm³/mol. The Morgan fingerprint density at radius 1 is 0.365 bits per heavy atom. The minimum Gasteiger partial charge on any atom is -0.466 e. The highest BCUT2D eigenvalue weighted by molar-refractivity contribution is 5.76. The average molecular weight is 1040 g/mol. The van der Waals surface area contributed by atoms with Gasteiger partial charge in [0.25, 0.3) is 0 Å². The Kier molecular flexibility index (Phi) is 62.9. The van der Waals surface area contributed by atoms with Gasteiger partial charge in [0.1, 0.15) is 0 Å². The summed E-state index contributed by atoms with van der Waals surface area (Å²) in [6.45, 7) is 4.94. The first-order valence-electron chi connectivity index (χ1n) is 34.0. The van der Waals surface area contributed by atoms with Gasteiger partial charge in [0.15, 0.2) is 0 Å². The van der Waals surface area contributed by atoms with Crippen LogP contribution in [0.25, 0.3) is 0 Å². The minimum absolute atomic E-state index is 0.0195.